The van der Waals surface area contributed by atoms with E-state index in [2.05, 4.69) is 42.3 Å². The fourth-order valence-electron chi connectivity index (χ4n) is 3.54. The van der Waals surface area contributed by atoms with Crippen LogP contribution in [-0.2, 0) is 4.79 Å². The molecule has 6 heteroatoms. The fraction of sp³-hybridized carbons (Fsp3) is 0.350. The smallest absolute Gasteiger partial charge is 0.279 e. The van der Waals surface area contributed by atoms with Crippen molar-refractivity contribution >= 4 is 40.5 Å². The van der Waals surface area contributed by atoms with Crippen LogP contribution in [0.1, 0.15) is 11.1 Å². The zero-order chi connectivity index (χ0) is 18.7. The Kier molecular flexibility index (Phi) is 6.07. The van der Waals surface area contributed by atoms with E-state index in [1.165, 1.54) is 21.7 Å². The lowest BCUT2D eigenvalue weighted by molar-refractivity contribution is -0.892. The molecule has 2 N–H and O–H groups in total. The minimum absolute atomic E-state index is 0.0373. The summed E-state index contributed by atoms with van der Waals surface area (Å²) in [6.45, 7) is 8.52. The highest BCUT2D eigenvalue weighted by atomic mass is 35.5. The van der Waals surface area contributed by atoms with Gasteiger partial charge in [-0.15, -0.1) is 0 Å². The minimum Gasteiger partial charge on any atom is -0.360 e. The molecule has 2 aromatic carbocycles. The molecule has 138 valence electrons. The van der Waals surface area contributed by atoms with Crippen LogP contribution in [0.5, 0.6) is 0 Å². The average molecular weight is 393 g/mol. The predicted octanol–water partition coefficient (Wildman–Crippen LogP) is 2.95. The predicted molar refractivity (Wildman–Crippen MR) is 109 cm³/mol. The molecular formula is C20H24Cl2N3O+. The first-order valence-electron chi connectivity index (χ1n) is 8.83. The van der Waals surface area contributed by atoms with E-state index in [4.69, 9.17) is 23.2 Å². The quantitative estimate of drug-likeness (QED) is 0.838. The van der Waals surface area contributed by atoms with Gasteiger partial charge >= 0.3 is 0 Å². The molecule has 0 aromatic heterocycles. The van der Waals surface area contributed by atoms with E-state index >= 15 is 0 Å². The van der Waals surface area contributed by atoms with Crippen molar-refractivity contribution in [2.24, 2.45) is 0 Å². The number of para-hydroxylation sites is 1. The van der Waals surface area contributed by atoms with Gasteiger partial charge in [0.15, 0.2) is 6.54 Å². The Labute approximate surface area is 164 Å². The van der Waals surface area contributed by atoms with Crippen molar-refractivity contribution in [2.45, 2.75) is 13.8 Å². The van der Waals surface area contributed by atoms with Crippen molar-refractivity contribution in [1.82, 2.24) is 0 Å². The molecule has 2 aromatic rings. The van der Waals surface area contributed by atoms with Crippen LogP contribution in [0.4, 0.5) is 11.4 Å². The van der Waals surface area contributed by atoms with Crippen molar-refractivity contribution in [3.8, 4) is 0 Å². The first-order valence-corrected chi connectivity index (χ1v) is 9.59. The second kappa shape index (κ2) is 8.30. The number of hydrogen-bond donors (Lipinski definition) is 2. The summed E-state index contributed by atoms with van der Waals surface area (Å²) < 4.78 is 0. The van der Waals surface area contributed by atoms with Gasteiger partial charge in [-0.1, -0.05) is 41.4 Å². The van der Waals surface area contributed by atoms with Crippen LogP contribution in [0.25, 0.3) is 0 Å². The van der Waals surface area contributed by atoms with Gasteiger partial charge in [0.1, 0.15) is 0 Å². The molecule has 0 spiro atoms. The van der Waals surface area contributed by atoms with Crippen LogP contribution in [0, 0.1) is 13.8 Å². The van der Waals surface area contributed by atoms with E-state index in [0.717, 1.165) is 26.2 Å². The zero-order valence-corrected chi connectivity index (χ0v) is 16.6. The number of hydrogen-bond acceptors (Lipinski definition) is 2. The number of aryl methyl sites for hydroxylation is 2. The largest absolute Gasteiger partial charge is 0.360 e. The monoisotopic (exact) mass is 392 g/mol. The lowest BCUT2D eigenvalue weighted by atomic mass is 10.1. The number of anilines is 2. The lowest BCUT2D eigenvalue weighted by Crippen LogP contribution is -3.15. The maximum atomic E-state index is 12.4. The summed E-state index contributed by atoms with van der Waals surface area (Å²) in [5.41, 5.74) is 4.52. The summed E-state index contributed by atoms with van der Waals surface area (Å²) >= 11 is 12.1. The molecule has 1 fully saturated rings. The Morgan fingerprint density at radius 3 is 2.42 bits per heavy atom. The summed E-state index contributed by atoms with van der Waals surface area (Å²) in [7, 11) is 0. The summed E-state index contributed by atoms with van der Waals surface area (Å²) in [5, 5.41) is 3.92. The Bertz CT molecular complexity index is 781. The number of amides is 1. The maximum Gasteiger partial charge on any atom is 0.279 e. The highest BCUT2D eigenvalue weighted by Gasteiger charge is 2.24. The molecule has 0 saturated carbocycles. The number of piperazine rings is 1. The van der Waals surface area contributed by atoms with Gasteiger partial charge in [-0.2, -0.15) is 0 Å². The number of benzene rings is 2. The number of nitrogens with one attached hydrogen (secondary N) is 2. The van der Waals surface area contributed by atoms with Crippen molar-refractivity contribution in [2.75, 3.05) is 42.9 Å². The van der Waals surface area contributed by atoms with Gasteiger partial charge in [-0.05, 0) is 43.2 Å². The second-order valence-electron chi connectivity index (χ2n) is 6.83. The molecule has 26 heavy (non-hydrogen) atoms. The van der Waals surface area contributed by atoms with E-state index in [0.29, 0.717) is 22.3 Å². The standard InChI is InChI=1S/C20H23Cl2N3O/c1-14-4-3-5-15(2)20(14)25-10-8-24(9-11-25)13-19(26)23-18-12-16(21)6-7-17(18)22/h3-7,12H,8-11,13H2,1-2H3,(H,23,26)/p+1. The molecule has 0 unspecified atom stereocenters. The second-order valence-corrected chi connectivity index (χ2v) is 7.67. The maximum absolute atomic E-state index is 12.4. The number of quaternary nitrogens is 1. The molecule has 0 bridgehead atoms. The number of carbonyl (C=O) groups excluding carboxylic acids is 1. The first kappa shape index (κ1) is 19.0. The molecule has 1 heterocycles. The normalized spacial score (nSPS) is 15.2. The minimum atomic E-state index is -0.0373. The Morgan fingerprint density at radius 1 is 1.12 bits per heavy atom. The molecule has 4 nitrogen and oxygen atoms in total. The molecule has 1 saturated heterocycles. The summed E-state index contributed by atoms with van der Waals surface area (Å²) in [6, 6.07) is 11.5. The molecule has 0 aliphatic carbocycles. The van der Waals surface area contributed by atoms with E-state index in [-0.39, 0.29) is 5.91 Å². The van der Waals surface area contributed by atoms with E-state index in [1.54, 1.807) is 18.2 Å². The molecule has 0 atom stereocenters. The van der Waals surface area contributed by atoms with Crippen molar-refractivity contribution in [3.63, 3.8) is 0 Å². The third kappa shape index (κ3) is 4.50. The van der Waals surface area contributed by atoms with E-state index < -0.39 is 0 Å². The third-order valence-electron chi connectivity index (χ3n) is 4.84. The highest BCUT2D eigenvalue weighted by molar-refractivity contribution is 6.35. The number of nitrogens with zero attached hydrogens (tertiary/aromatic N) is 1. The fourth-order valence-corrected chi connectivity index (χ4v) is 3.88. The van der Waals surface area contributed by atoms with Crippen LogP contribution >= 0.6 is 23.2 Å². The van der Waals surface area contributed by atoms with Gasteiger partial charge in [0.25, 0.3) is 5.91 Å². The Hall–Kier alpha value is -1.75. The van der Waals surface area contributed by atoms with Crippen LogP contribution in [0.3, 0.4) is 0 Å². The molecular weight excluding hydrogens is 369 g/mol. The topological polar surface area (TPSA) is 36.8 Å². The van der Waals surface area contributed by atoms with Gasteiger partial charge in [0, 0.05) is 10.7 Å². The highest BCUT2D eigenvalue weighted by Crippen LogP contribution is 2.25. The van der Waals surface area contributed by atoms with Crippen LogP contribution in [0.2, 0.25) is 10.0 Å². The van der Waals surface area contributed by atoms with E-state index in [1.807, 2.05) is 0 Å². The summed E-state index contributed by atoms with van der Waals surface area (Å²) in [6.07, 6.45) is 0. The van der Waals surface area contributed by atoms with E-state index in [9.17, 15) is 4.79 Å². The number of carbonyl (C=O) groups is 1. The van der Waals surface area contributed by atoms with Gasteiger partial charge in [0.05, 0.1) is 36.9 Å². The van der Waals surface area contributed by atoms with Crippen LogP contribution in [-0.4, -0.2) is 38.6 Å². The SMILES string of the molecule is Cc1cccc(C)c1N1CC[NH+](CC(=O)Nc2cc(Cl)ccc2Cl)CC1. The van der Waals surface area contributed by atoms with Gasteiger partial charge < -0.3 is 15.1 Å². The van der Waals surface area contributed by atoms with Crippen molar-refractivity contribution < 1.29 is 9.69 Å². The van der Waals surface area contributed by atoms with Crippen molar-refractivity contribution in [3.05, 3.63) is 57.6 Å². The Morgan fingerprint density at radius 2 is 1.77 bits per heavy atom. The lowest BCUT2D eigenvalue weighted by Gasteiger charge is -2.35. The van der Waals surface area contributed by atoms with Gasteiger partial charge in [0.2, 0.25) is 0 Å². The zero-order valence-electron chi connectivity index (χ0n) is 15.1. The average Bonchev–Trinajstić information content (AvgIpc) is 2.59. The van der Waals surface area contributed by atoms with Crippen LogP contribution in [0.15, 0.2) is 36.4 Å². The molecule has 1 aliphatic heterocycles. The third-order valence-corrected chi connectivity index (χ3v) is 5.40. The van der Waals surface area contributed by atoms with Crippen LogP contribution < -0.4 is 15.1 Å². The summed E-state index contributed by atoms with van der Waals surface area (Å²) in [5.74, 6) is -0.0373. The number of halogens is 2. The molecule has 1 aliphatic rings. The molecule has 1 amide bonds. The summed E-state index contributed by atoms with van der Waals surface area (Å²) in [4.78, 5) is 16.1. The van der Waals surface area contributed by atoms with Gasteiger partial charge in [-0.3, -0.25) is 4.79 Å². The van der Waals surface area contributed by atoms with Gasteiger partial charge in [-0.25, -0.2) is 0 Å². The number of rotatable bonds is 4. The first-order chi connectivity index (χ1) is 12.4. The molecule has 3 rings (SSSR count). The Balaban J connectivity index is 1.55. The molecule has 0 radical (unpaired) electrons. The van der Waals surface area contributed by atoms with Crippen molar-refractivity contribution in [1.29, 1.82) is 0 Å².